The average molecular weight is 805 g/mol. The molecule has 2 unspecified atom stereocenters. The first-order valence-corrected chi connectivity index (χ1v) is 17.4. The second-order valence-electron chi connectivity index (χ2n) is 11.8. The predicted octanol–water partition coefficient (Wildman–Crippen LogP) is 6.84. The quantitative estimate of drug-likeness (QED) is 0.0467. The van der Waals surface area contributed by atoms with Gasteiger partial charge in [-0.15, -0.1) is 0 Å². The Hall–Kier alpha value is -0.777. The third kappa shape index (κ3) is 45.8. The Bertz CT molecular complexity index is 583. The molecule has 0 aromatic rings. The normalized spacial score (nSPS) is 12.6. The summed E-state index contributed by atoms with van der Waals surface area (Å²) in [5.41, 5.74) is 0. The summed E-state index contributed by atoms with van der Waals surface area (Å²) in [6.45, 7) is 4.39. The van der Waals surface area contributed by atoms with Crippen LogP contribution in [0.15, 0.2) is 24.3 Å². The van der Waals surface area contributed by atoms with Crippen LogP contribution >= 0.6 is 0 Å². The van der Waals surface area contributed by atoms with E-state index in [1.807, 2.05) is 0 Å². The summed E-state index contributed by atoms with van der Waals surface area (Å²) in [6.07, 6.45) is 34.0. The molecule has 252 valence electrons. The monoisotopic (exact) mass is 804 g/mol. The zero-order valence-corrected chi connectivity index (χ0v) is 31.8. The Labute approximate surface area is 284 Å². The van der Waals surface area contributed by atoms with Gasteiger partial charge >= 0.3 is 26.2 Å². The van der Waals surface area contributed by atoms with Crippen molar-refractivity contribution in [2.24, 2.45) is 0 Å². The Balaban J connectivity index is -0.000000727. The zero-order valence-electron chi connectivity index (χ0n) is 27.9. The van der Waals surface area contributed by atoms with Crippen LogP contribution in [-0.2, 0) is 9.59 Å². The molecule has 0 bridgehead atoms. The number of aliphatic hydroxyl groups is 2. The molecule has 0 rings (SSSR count). The molecule has 2 atom stereocenters. The molecule has 0 saturated carbocycles. The van der Waals surface area contributed by atoms with Gasteiger partial charge in [-0.05, 0) is 77.0 Å². The molecule has 2 radical (unpaired) electrons. The molecule has 0 amide bonds. The van der Waals surface area contributed by atoms with E-state index in [1.54, 1.807) is 0 Å². The molecular weight excluding hydrogens is 737 g/mol. The van der Waals surface area contributed by atoms with E-state index < -0.39 is 11.9 Å². The molecule has 0 aromatic heterocycles. The number of hydrogen-bond acceptors (Lipinski definition) is 6. The molecule has 43 heavy (non-hydrogen) atoms. The molecule has 0 spiro atoms. The van der Waals surface area contributed by atoms with Crippen molar-refractivity contribution in [1.82, 2.24) is 0 Å². The van der Waals surface area contributed by atoms with Crippen LogP contribution in [0.1, 0.15) is 181 Å². The van der Waals surface area contributed by atoms with Gasteiger partial charge in [0.2, 0.25) is 0 Å². The fourth-order valence-electron chi connectivity index (χ4n) is 4.72. The van der Waals surface area contributed by atoms with Crippen molar-refractivity contribution in [2.45, 2.75) is 193 Å². The van der Waals surface area contributed by atoms with E-state index in [9.17, 15) is 30.0 Å². The summed E-state index contributed by atoms with van der Waals surface area (Å²) >= 11 is 0. The number of carbonyl (C=O) groups is 2. The topological polar surface area (TPSA) is 121 Å². The van der Waals surface area contributed by atoms with Crippen molar-refractivity contribution in [3.05, 3.63) is 24.3 Å². The minimum absolute atomic E-state index is 0. The molecule has 0 aliphatic heterocycles. The van der Waals surface area contributed by atoms with Gasteiger partial charge in [0.1, 0.15) is 0 Å². The maximum absolute atomic E-state index is 10.2. The number of rotatable bonds is 30. The third-order valence-corrected chi connectivity index (χ3v) is 7.43. The molecule has 0 aromatic carbocycles. The van der Waals surface area contributed by atoms with Crippen LogP contribution in [0.5, 0.6) is 0 Å². The Kier molecular flexibility index (Phi) is 42.6. The van der Waals surface area contributed by atoms with E-state index in [4.69, 9.17) is 0 Å². The number of unbranched alkanes of at least 4 members (excludes halogenated alkanes) is 16. The summed E-state index contributed by atoms with van der Waals surface area (Å²) in [4.78, 5) is 20.4. The third-order valence-electron chi connectivity index (χ3n) is 7.43. The van der Waals surface area contributed by atoms with Crippen molar-refractivity contribution in [1.29, 1.82) is 0 Å². The van der Waals surface area contributed by atoms with Crippen LogP contribution < -0.4 is 10.2 Å². The van der Waals surface area contributed by atoms with Gasteiger partial charge in [0, 0.05) is 11.9 Å². The fourth-order valence-corrected chi connectivity index (χ4v) is 4.72. The van der Waals surface area contributed by atoms with E-state index in [0.717, 1.165) is 116 Å². The Morgan fingerprint density at radius 2 is 0.837 bits per heavy atom. The predicted molar refractivity (Wildman–Crippen MR) is 179 cm³/mol. The zero-order chi connectivity index (χ0) is 31.5. The van der Waals surface area contributed by atoms with Crippen LogP contribution in [0, 0.1) is 0 Å². The number of carboxylic acid groups (broad SMARTS) is 2. The van der Waals surface area contributed by atoms with Gasteiger partial charge in [0.05, 0.1) is 12.2 Å². The second kappa shape index (κ2) is 39.2. The number of allylic oxidation sites excluding steroid dienone is 2. The molecule has 0 saturated heterocycles. The van der Waals surface area contributed by atoms with Gasteiger partial charge in [-0.3, -0.25) is 0 Å². The van der Waals surface area contributed by atoms with Crippen molar-refractivity contribution in [3.63, 3.8) is 0 Å². The number of carboxylic acids is 2. The van der Waals surface area contributed by atoms with Crippen molar-refractivity contribution < 1.29 is 30.0 Å². The summed E-state index contributed by atoms with van der Waals surface area (Å²) in [5, 5.41) is 40.0. The van der Waals surface area contributed by atoms with Crippen LogP contribution in [0.2, 0.25) is 0 Å². The standard InChI is InChI=1S/2C18H34O3.Bi.H/c2*1-2-3-4-11-14-17(19)15-12-9-7-5-6-8-10-13-16-18(20)21;;/h2*9,12,17,19H,2-8,10-11,13-16H2,1H3,(H,20,21);;/q;;+2;/p-2/b2*12-9-;;. The van der Waals surface area contributed by atoms with Crippen molar-refractivity contribution in [2.75, 3.05) is 0 Å². The number of carbonyl (C=O) groups excluding carboxylic acids is 2. The van der Waals surface area contributed by atoms with Crippen LogP contribution in [0.25, 0.3) is 0 Å². The molecule has 0 fully saturated rings. The molecular formula is C36H67BiO6. The molecule has 0 aliphatic carbocycles. The first-order chi connectivity index (χ1) is 20.3. The van der Waals surface area contributed by atoms with Crippen LogP contribution in [0.4, 0.5) is 0 Å². The molecule has 2 N–H and O–H groups in total. The Morgan fingerprint density at radius 3 is 1.19 bits per heavy atom. The van der Waals surface area contributed by atoms with Gasteiger partial charge in [-0.2, -0.15) is 0 Å². The van der Waals surface area contributed by atoms with E-state index in [-0.39, 0.29) is 51.3 Å². The van der Waals surface area contributed by atoms with Crippen molar-refractivity contribution >= 4 is 38.1 Å². The Morgan fingerprint density at radius 1 is 0.512 bits per heavy atom. The molecule has 7 heteroatoms. The minimum atomic E-state index is -0.939. The van der Waals surface area contributed by atoms with E-state index in [0.29, 0.717) is 0 Å². The molecule has 0 aliphatic rings. The van der Waals surface area contributed by atoms with Gasteiger partial charge in [-0.1, -0.05) is 128 Å². The average Bonchev–Trinajstić information content (AvgIpc) is 2.95. The summed E-state index contributed by atoms with van der Waals surface area (Å²) < 4.78 is 0. The SMILES string of the molecule is CCCCCCC(O)C/C=C\CCCCCCCC(=O)[O-].CCCCCCC(O)C/C=C\CCCCCCCC(=O)[O-].[BiH+2]. The number of aliphatic hydroxyl groups excluding tert-OH is 2. The van der Waals surface area contributed by atoms with Crippen LogP contribution in [0.3, 0.4) is 0 Å². The first-order valence-electron chi connectivity index (χ1n) is 17.4. The summed E-state index contributed by atoms with van der Waals surface area (Å²) in [5.74, 6) is -1.88. The second-order valence-corrected chi connectivity index (χ2v) is 11.8. The molecule has 0 heterocycles. The molecule has 6 nitrogen and oxygen atoms in total. The summed E-state index contributed by atoms with van der Waals surface area (Å²) in [6, 6.07) is 0. The van der Waals surface area contributed by atoms with Gasteiger partial charge in [0.25, 0.3) is 0 Å². The number of aliphatic carboxylic acids is 2. The summed E-state index contributed by atoms with van der Waals surface area (Å²) in [7, 11) is 0. The van der Waals surface area contributed by atoms with Crippen LogP contribution in [-0.4, -0.2) is 60.6 Å². The van der Waals surface area contributed by atoms with E-state index in [2.05, 4.69) is 38.2 Å². The van der Waals surface area contributed by atoms with Crippen molar-refractivity contribution in [3.8, 4) is 0 Å². The maximum atomic E-state index is 10.2. The van der Waals surface area contributed by atoms with E-state index >= 15 is 0 Å². The van der Waals surface area contributed by atoms with Gasteiger partial charge in [-0.25, -0.2) is 0 Å². The fraction of sp³-hybridized carbons (Fsp3) is 0.833. The van der Waals surface area contributed by atoms with Gasteiger partial charge in [0.15, 0.2) is 0 Å². The number of hydrogen-bond donors (Lipinski definition) is 2. The van der Waals surface area contributed by atoms with E-state index in [1.165, 1.54) is 38.5 Å². The first kappa shape index (κ1) is 46.6. The van der Waals surface area contributed by atoms with Gasteiger partial charge < -0.3 is 30.0 Å².